The van der Waals surface area contributed by atoms with E-state index in [4.69, 9.17) is 38.3 Å². The van der Waals surface area contributed by atoms with Gasteiger partial charge < -0.3 is 79.2 Å². The Labute approximate surface area is 505 Å². The van der Waals surface area contributed by atoms with Gasteiger partial charge in [-0.25, -0.2) is 0 Å². The summed E-state index contributed by atoms with van der Waals surface area (Å²) in [5, 5.41) is 50.2. The van der Waals surface area contributed by atoms with Crippen LogP contribution in [0.15, 0.2) is 97.1 Å². The fourth-order valence-electron chi connectivity index (χ4n) is 9.07. The quantitative estimate of drug-likeness (QED) is 0.0359. The third kappa shape index (κ3) is 22.3. The largest absolute Gasteiger partial charge is 0.508 e. The molecule has 16 N–H and O–H groups in total. The second kappa shape index (κ2) is 34.1. The van der Waals surface area contributed by atoms with E-state index in [2.05, 4.69) is 42.1 Å². The molecular formula is C58H76ClN11O13S2. The van der Waals surface area contributed by atoms with Crippen molar-refractivity contribution in [3.05, 3.63) is 124 Å². The summed E-state index contributed by atoms with van der Waals surface area (Å²) in [5.74, 6) is -7.22. The highest BCUT2D eigenvalue weighted by atomic mass is 35.5. The van der Waals surface area contributed by atoms with Crippen LogP contribution in [0.1, 0.15) is 48.4 Å². The van der Waals surface area contributed by atoms with Crippen LogP contribution in [0.5, 0.6) is 17.2 Å². The Morgan fingerprint density at radius 1 is 0.706 bits per heavy atom. The van der Waals surface area contributed by atoms with E-state index >= 15 is 0 Å². The molecule has 85 heavy (non-hydrogen) atoms. The molecule has 0 aromatic heterocycles. The molecule has 4 aromatic carbocycles. The van der Waals surface area contributed by atoms with Crippen molar-refractivity contribution in [3.63, 3.8) is 0 Å². The van der Waals surface area contributed by atoms with Gasteiger partial charge in [-0.3, -0.25) is 43.3 Å². The van der Waals surface area contributed by atoms with Gasteiger partial charge in [0, 0.05) is 55.4 Å². The standard InChI is InChI=1S/C58H76ClN11O13S2/c1-34(71)50-58(81)68-49(56(79)64-45(51(62)74)29-36-7-15-40(72)16-8-36)33-85-84-32-48(67-52(75)43(61)28-35-5-13-39(59)14-6-35)57(80)66-47(30-37-9-17-41(73)18-10-37)55(78)65-46(54(77)63-44(53(76)69-50)4-2-3-21-60)31-38-11-19-42(20-12-38)83-27-24-70-22-25-82-26-23-70/h5-20,34,43-50,71-73H,2-4,21-33,60-61H2,1H3,(H2,62,74)(H,63,77)(H,64,79)(H,65,78)(H,66,80)(H,67,75)(H,68,81)(H,69,76)/t34-,43+,44+,45-,46-,47+,48-,49+,50+/m1/s1. The van der Waals surface area contributed by atoms with Crippen LogP contribution in [0, 0.1) is 0 Å². The lowest BCUT2D eigenvalue weighted by Crippen LogP contribution is -2.62. The van der Waals surface area contributed by atoms with Crippen molar-refractivity contribution >= 4 is 80.4 Å². The number of aliphatic hydroxyl groups is 1. The maximum absolute atomic E-state index is 14.9. The number of nitrogens with zero attached hydrogens (tertiary/aromatic N) is 1. The molecule has 0 aliphatic carbocycles. The van der Waals surface area contributed by atoms with Crippen LogP contribution in [0.2, 0.25) is 5.02 Å². The summed E-state index contributed by atoms with van der Waals surface area (Å²) in [7, 11) is 1.94. The van der Waals surface area contributed by atoms with Gasteiger partial charge in [-0.15, -0.1) is 0 Å². The number of carbonyl (C=O) groups is 8. The SMILES string of the molecule is C[C@@H](O)[C@@H]1NC(=O)[C@H](CCCCN)NC(=O)[C@@H](Cc2ccc(OCCN3CCOCC3)cc2)NC(=O)[C@H](Cc2ccc(O)cc2)NC(=O)[C@H](NC(=O)[C@@H](N)Cc2ccc(Cl)cc2)CSSC[C@@H](C(=O)N[C@H](Cc2ccc(O)cc2)C(N)=O)NC1=O. The van der Waals surface area contributed by atoms with E-state index in [9.17, 15) is 53.7 Å². The number of phenolic OH excluding ortho intramolecular Hbond substituents is 2. The third-order valence-electron chi connectivity index (χ3n) is 14.0. The molecule has 9 atom stereocenters. The minimum atomic E-state index is -1.74. The lowest BCUT2D eigenvalue weighted by atomic mass is 10.0. The van der Waals surface area contributed by atoms with Crippen molar-refractivity contribution in [2.45, 2.75) is 106 Å². The van der Waals surface area contributed by atoms with E-state index in [1.54, 1.807) is 48.5 Å². The average molecular weight is 1230 g/mol. The molecule has 6 rings (SSSR count). The van der Waals surface area contributed by atoms with E-state index in [1.807, 2.05) is 0 Å². The van der Waals surface area contributed by atoms with Crippen LogP contribution in [0.3, 0.4) is 0 Å². The highest BCUT2D eigenvalue weighted by molar-refractivity contribution is 8.76. The number of ether oxygens (including phenoxy) is 2. The molecule has 2 aliphatic heterocycles. The molecule has 4 aromatic rings. The first-order valence-corrected chi connectivity index (χ1v) is 30.7. The zero-order valence-electron chi connectivity index (χ0n) is 47.0. The van der Waals surface area contributed by atoms with Gasteiger partial charge in [-0.2, -0.15) is 0 Å². The second-order valence-corrected chi connectivity index (χ2v) is 23.7. The van der Waals surface area contributed by atoms with E-state index in [0.717, 1.165) is 34.7 Å². The van der Waals surface area contributed by atoms with Crippen LogP contribution in [0.4, 0.5) is 0 Å². The smallest absolute Gasteiger partial charge is 0.245 e. The fraction of sp³-hybridized carbons (Fsp3) is 0.448. The summed E-state index contributed by atoms with van der Waals surface area (Å²) in [5.41, 5.74) is 20.2. The van der Waals surface area contributed by atoms with Crippen LogP contribution >= 0.6 is 33.2 Å². The van der Waals surface area contributed by atoms with Crippen molar-refractivity contribution in [2.75, 3.05) is 57.5 Å². The highest BCUT2D eigenvalue weighted by Gasteiger charge is 2.37. The van der Waals surface area contributed by atoms with Crippen LogP contribution in [-0.2, 0) is 68.8 Å². The number of aliphatic hydroxyl groups excluding tert-OH is 1. The van der Waals surface area contributed by atoms with Gasteiger partial charge in [-0.1, -0.05) is 81.7 Å². The topological polar surface area (TPSA) is 381 Å². The number of benzene rings is 4. The second-order valence-electron chi connectivity index (χ2n) is 20.7. The van der Waals surface area contributed by atoms with Gasteiger partial charge in [0.15, 0.2) is 0 Å². The van der Waals surface area contributed by atoms with E-state index in [-0.39, 0.29) is 61.7 Å². The number of morpholine rings is 1. The summed E-state index contributed by atoms with van der Waals surface area (Å²) >= 11 is 6.10. The lowest BCUT2D eigenvalue weighted by molar-refractivity contribution is -0.136. The maximum Gasteiger partial charge on any atom is 0.245 e. The number of rotatable bonds is 22. The molecule has 0 saturated carbocycles. The summed E-state index contributed by atoms with van der Waals surface area (Å²) < 4.78 is 11.5. The number of hydrogen-bond acceptors (Lipinski definition) is 18. The first kappa shape index (κ1) is 67.0. The Kier molecular flexibility index (Phi) is 26.9. The number of primary amides is 1. The molecular weight excluding hydrogens is 1160 g/mol. The van der Waals surface area contributed by atoms with Gasteiger partial charge in [0.2, 0.25) is 47.3 Å². The minimum Gasteiger partial charge on any atom is -0.508 e. The number of carbonyl (C=O) groups excluding carboxylic acids is 8. The fourth-order valence-corrected chi connectivity index (χ4v) is 11.5. The van der Waals surface area contributed by atoms with E-state index < -0.39 is 102 Å². The zero-order valence-corrected chi connectivity index (χ0v) is 49.4. The molecule has 2 saturated heterocycles. The van der Waals surface area contributed by atoms with Crippen LogP contribution < -0.4 is 59.2 Å². The number of nitrogens with one attached hydrogen (secondary N) is 7. The third-order valence-corrected chi connectivity index (χ3v) is 16.7. The van der Waals surface area contributed by atoms with E-state index in [0.29, 0.717) is 72.2 Å². The maximum atomic E-state index is 14.9. The van der Waals surface area contributed by atoms with Crippen molar-refractivity contribution in [1.82, 2.24) is 42.1 Å². The Balaban J connectivity index is 1.36. The summed E-state index contributed by atoms with van der Waals surface area (Å²) in [6.45, 7) is 5.37. The number of phenols is 2. The molecule has 460 valence electrons. The molecule has 0 unspecified atom stereocenters. The first-order chi connectivity index (χ1) is 40.7. The van der Waals surface area contributed by atoms with Crippen LogP contribution in [-0.4, -0.2) is 179 Å². The molecule has 0 bridgehead atoms. The Hall–Kier alpha value is -7.17. The molecule has 0 spiro atoms. The van der Waals surface area contributed by atoms with Crippen molar-refractivity contribution in [1.29, 1.82) is 0 Å². The van der Waals surface area contributed by atoms with Crippen LogP contribution in [0.25, 0.3) is 0 Å². The number of amides is 8. The first-order valence-electron chi connectivity index (χ1n) is 27.9. The zero-order chi connectivity index (χ0) is 61.4. The van der Waals surface area contributed by atoms with Gasteiger partial charge in [0.05, 0.1) is 25.4 Å². The molecule has 24 nitrogen and oxygen atoms in total. The number of aromatic hydroxyl groups is 2. The predicted octanol–water partition coefficient (Wildman–Crippen LogP) is -0.156. The Bertz CT molecular complexity index is 2860. The normalized spacial score (nSPS) is 21.7. The number of halogens is 1. The van der Waals surface area contributed by atoms with Crippen molar-refractivity contribution in [2.24, 2.45) is 17.2 Å². The van der Waals surface area contributed by atoms with Gasteiger partial charge >= 0.3 is 0 Å². The van der Waals surface area contributed by atoms with Crippen molar-refractivity contribution < 1.29 is 63.1 Å². The summed E-state index contributed by atoms with van der Waals surface area (Å²) in [4.78, 5) is 117. The highest BCUT2D eigenvalue weighted by Crippen LogP contribution is 2.25. The van der Waals surface area contributed by atoms with Crippen molar-refractivity contribution in [3.8, 4) is 17.2 Å². The molecule has 2 fully saturated rings. The molecule has 2 aliphatic rings. The monoisotopic (exact) mass is 1230 g/mol. The summed E-state index contributed by atoms with van der Waals surface area (Å²) in [6, 6.07) is 13.6. The number of hydrogen-bond donors (Lipinski definition) is 13. The Morgan fingerprint density at radius 2 is 1.24 bits per heavy atom. The lowest BCUT2D eigenvalue weighted by Gasteiger charge is -2.29. The molecule has 2 heterocycles. The average Bonchev–Trinajstić information content (AvgIpc) is 3.67. The molecule has 8 amide bonds. The predicted molar refractivity (Wildman–Crippen MR) is 322 cm³/mol. The van der Waals surface area contributed by atoms with Gasteiger partial charge in [0.1, 0.15) is 66.1 Å². The molecule has 0 radical (unpaired) electrons. The van der Waals surface area contributed by atoms with E-state index in [1.165, 1.54) is 55.5 Å². The molecule has 27 heteroatoms. The van der Waals surface area contributed by atoms with Gasteiger partial charge in [0.25, 0.3) is 0 Å². The minimum absolute atomic E-state index is 0.0233. The summed E-state index contributed by atoms with van der Waals surface area (Å²) in [6.07, 6.45) is -1.33. The number of unbranched alkanes of at least 4 members (excludes halogenated alkanes) is 1. The Morgan fingerprint density at radius 3 is 1.82 bits per heavy atom. The number of nitrogens with two attached hydrogens (primary N) is 3. The van der Waals surface area contributed by atoms with Gasteiger partial charge in [-0.05, 0) is 110 Å².